The maximum absolute atomic E-state index is 12.0. The second-order valence-electron chi connectivity index (χ2n) is 5.68. The van der Waals surface area contributed by atoms with Gasteiger partial charge in [-0.2, -0.15) is 5.10 Å². The van der Waals surface area contributed by atoms with Crippen LogP contribution in [-0.2, 0) is 22.6 Å². The molecule has 1 atom stereocenters. The first-order chi connectivity index (χ1) is 10.8. The van der Waals surface area contributed by atoms with E-state index in [1.165, 1.54) is 5.56 Å². The second kappa shape index (κ2) is 7.22. The monoisotopic (exact) mass is 299 g/mol. The van der Waals surface area contributed by atoms with Crippen molar-refractivity contribution in [3.8, 4) is 0 Å². The molecule has 0 saturated carbocycles. The molecule has 1 fully saturated rings. The normalized spacial score (nSPS) is 17.5. The van der Waals surface area contributed by atoms with Crippen molar-refractivity contribution in [3.05, 3.63) is 53.9 Å². The molecule has 3 rings (SSSR count). The minimum atomic E-state index is 0.101. The maximum atomic E-state index is 12.0. The predicted molar refractivity (Wildman–Crippen MR) is 83.2 cm³/mol. The van der Waals surface area contributed by atoms with Gasteiger partial charge in [0.25, 0.3) is 0 Å². The van der Waals surface area contributed by atoms with E-state index in [4.69, 9.17) is 4.74 Å². The van der Waals surface area contributed by atoms with E-state index >= 15 is 0 Å². The van der Waals surface area contributed by atoms with E-state index in [0.717, 1.165) is 25.1 Å². The van der Waals surface area contributed by atoms with Gasteiger partial charge < -0.3 is 10.1 Å². The van der Waals surface area contributed by atoms with Crippen LogP contribution in [0.5, 0.6) is 0 Å². The summed E-state index contributed by atoms with van der Waals surface area (Å²) < 4.78 is 7.19. The molecule has 0 spiro atoms. The number of rotatable bonds is 6. The van der Waals surface area contributed by atoms with Crippen LogP contribution in [-0.4, -0.2) is 28.9 Å². The first-order valence-corrected chi connectivity index (χ1v) is 7.70. The SMILES string of the molecule is O=C(C[C@H]1CCOC1)NCc1ccccc1Cn1cccn1. The molecular formula is C17H21N3O2. The molecule has 1 aliphatic heterocycles. The molecule has 116 valence electrons. The summed E-state index contributed by atoms with van der Waals surface area (Å²) >= 11 is 0. The highest BCUT2D eigenvalue weighted by atomic mass is 16.5. The highest BCUT2D eigenvalue weighted by molar-refractivity contribution is 5.76. The van der Waals surface area contributed by atoms with E-state index in [1.54, 1.807) is 6.20 Å². The van der Waals surface area contributed by atoms with Crippen molar-refractivity contribution in [2.75, 3.05) is 13.2 Å². The molecule has 1 aliphatic rings. The number of aromatic nitrogens is 2. The van der Waals surface area contributed by atoms with Crippen molar-refractivity contribution in [3.63, 3.8) is 0 Å². The van der Waals surface area contributed by atoms with Crippen molar-refractivity contribution in [2.45, 2.75) is 25.9 Å². The molecular weight excluding hydrogens is 278 g/mol. The van der Waals surface area contributed by atoms with Gasteiger partial charge in [-0.1, -0.05) is 24.3 Å². The fourth-order valence-corrected chi connectivity index (χ4v) is 2.73. The lowest BCUT2D eigenvalue weighted by Gasteiger charge is -2.12. The minimum Gasteiger partial charge on any atom is -0.381 e. The zero-order valence-corrected chi connectivity index (χ0v) is 12.6. The average molecular weight is 299 g/mol. The molecule has 1 amide bonds. The Labute approximate surface area is 130 Å². The third kappa shape index (κ3) is 3.95. The van der Waals surface area contributed by atoms with Crippen LogP contribution < -0.4 is 5.32 Å². The van der Waals surface area contributed by atoms with Crippen molar-refractivity contribution in [1.82, 2.24) is 15.1 Å². The van der Waals surface area contributed by atoms with Crippen molar-refractivity contribution >= 4 is 5.91 Å². The van der Waals surface area contributed by atoms with Crippen molar-refractivity contribution in [2.24, 2.45) is 5.92 Å². The molecule has 1 saturated heterocycles. The van der Waals surface area contributed by atoms with Gasteiger partial charge in [-0.05, 0) is 29.5 Å². The summed E-state index contributed by atoms with van der Waals surface area (Å²) in [7, 11) is 0. The molecule has 5 nitrogen and oxygen atoms in total. The Balaban J connectivity index is 1.56. The first kappa shape index (κ1) is 14.8. The summed E-state index contributed by atoms with van der Waals surface area (Å²) in [6, 6.07) is 10.1. The van der Waals surface area contributed by atoms with Crippen LogP contribution in [0.2, 0.25) is 0 Å². The fourth-order valence-electron chi connectivity index (χ4n) is 2.73. The average Bonchev–Trinajstić information content (AvgIpc) is 3.20. The summed E-state index contributed by atoms with van der Waals surface area (Å²) in [5.74, 6) is 0.476. The zero-order valence-electron chi connectivity index (χ0n) is 12.6. The lowest BCUT2D eigenvalue weighted by molar-refractivity contribution is -0.122. The van der Waals surface area contributed by atoms with Crippen LogP contribution in [0.4, 0.5) is 0 Å². The number of carbonyl (C=O) groups excluding carboxylic acids is 1. The highest BCUT2D eigenvalue weighted by Crippen LogP contribution is 2.16. The van der Waals surface area contributed by atoms with Gasteiger partial charge in [0.15, 0.2) is 0 Å². The van der Waals surface area contributed by atoms with Crippen LogP contribution in [0, 0.1) is 5.92 Å². The molecule has 0 radical (unpaired) electrons. The standard InChI is InChI=1S/C17H21N3O2/c21-17(10-14-6-9-22-13-14)18-11-15-4-1-2-5-16(15)12-20-8-3-7-19-20/h1-5,7-8,14H,6,9-13H2,(H,18,21)/t14-/m1/s1. The minimum absolute atomic E-state index is 0.101. The number of carbonyl (C=O) groups is 1. The van der Waals surface area contributed by atoms with Crippen LogP contribution in [0.3, 0.4) is 0 Å². The van der Waals surface area contributed by atoms with Gasteiger partial charge in [0.2, 0.25) is 5.91 Å². The molecule has 0 unspecified atom stereocenters. The van der Waals surface area contributed by atoms with Crippen LogP contribution in [0.1, 0.15) is 24.0 Å². The summed E-state index contributed by atoms with van der Waals surface area (Å²) in [5.41, 5.74) is 2.31. The largest absolute Gasteiger partial charge is 0.381 e. The lowest BCUT2D eigenvalue weighted by Crippen LogP contribution is -2.26. The zero-order chi connectivity index (χ0) is 15.2. The Kier molecular flexibility index (Phi) is 4.85. The third-order valence-electron chi connectivity index (χ3n) is 3.98. The molecule has 0 aliphatic carbocycles. The maximum Gasteiger partial charge on any atom is 0.220 e. The Bertz CT molecular complexity index is 604. The van der Waals surface area contributed by atoms with Gasteiger partial charge >= 0.3 is 0 Å². The van der Waals surface area contributed by atoms with Crippen LogP contribution in [0.25, 0.3) is 0 Å². The van der Waals surface area contributed by atoms with E-state index in [2.05, 4.69) is 22.5 Å². The predicted octanol–water partition coefficient (Wildman–Crippen LogP) is 1.97. The Morgan fingerprint density at radius 2 is 2.18 bits per heavy atom. The molecule has 0 bridgehead atoms. The topological polar surface area (TPSA) is 56.1 Å². The summed E-state index contributed by atoms with van der Waals surface area (Å²) in [4.78, 5) is 12.0. The number of benzene rings is 1. The Hall–Kier alpha value is -2.14. The van der Waals surface area contributed by atoms with Crippen LogP contribution in [0.15, 0.2) is 42.7 Å². The van der Waals surface area contributed by atoms with Gasteiger partial charge in [-0.25, -0.2) is 0 Å². The number of ether oxygens (including phenoxy) is 1. The first-order valence-electron chi connectivity index (χ1n) is 7.70. The van der Waals surface area contributed by atoms with Gasteiger partial charge in [-0.15, -0.1) is 0 Å². The van der Waals surface area contributed by atoms with Crippen molar-refractivity contribution in [1.29, 1.82) is 0 Å². The second-order valence-corrected chi connectivity index (χ2v) is 5.68. The number of amides is 1. The van der Waals surface area contributed by atoms with E-state index in [1.807, 2.05) is 29.1 Å². The lowest BCUT2D eigenvalue weighted by atomic mass is 10.0. The number of nitrogens with one attached hydrogen (secondary N) is 1. The van der Waals surface area contributed by atoms with Gasteiger partial charge in [0.05, 0.1) is 6.54 Å². The number of hydrogen-bond acceptors (Lipinski definition) is 3. The van der Waals surface area contributed by atoms with Gasteiger partial charge in [0.1, 0.15) is 0 Å². The smallest absolute Gasteiger partial charge is 0.220 e. The summed E-state index contributed by atoms with van der Waals surface area (Å²) in [6.45, 7) is 2.77. The molecule has 1 N–H and O–H groups in total. The van der Waals surface area contributed by atoms with E-state index in [-0.39, 0.29) is 5.91 Å². The Morgan fingerprint density at radius 3 is 2.91 bits per heavy atom. The van der Waals surface area contributed by atoms with Crippen LogP contribution >= 0.6 is 0 Å². The summed E-state index contributed by atoms with van der Waals surface area (Å²) in [6.07, 6.45) is 5.26. The summed E-state index contributed by atoms with van der Waals surface area (Å²) in [5, 5.41) is 7.25. The molecule has 2 aromatic rings. The molecule has 1 aromatic heterocycles. The van der Waals surface area contributed by atoms with E-state index in [0.29, 0.717) is 25.5 Å². The van der Waals surface area contributed by atoms with Gasteiger partial charge in [-0.3, -0.25) is 9.48 Å². The number of hydrogen-bond donors (Lipinski definition) is 1. The highest BCUT2D eigenvalue weighted by Gasteiger charge is 2.18. The van der Waals surface area contributed by atoms with E-state index in [9.17, 15) is 4.79 Å². The van der Waals surface area contributed by atoms with E-state index < -0.39 is 0 Å². The molecule has 1 aromatic carbocycles. The number of nitrogens with zero attached hydrogens (tertiary/aromatic N) is 2. The van der Waals surface area contributed by atoms with Gasteiger partial charge in [0, 0.05) is 38.6 Å². The molecule has 5 heteroatoms. The quantitative estimate of drug-likeness (QED) is 0.887. The molecule has 2 heterocycles. The Morgan fingerprint density at radius 1 is 1.32 bits per heavy atom. The fraction of sp³-hybridized carbons (Fsp3) is 0.412. The third-order valence-corrected chi connectivity index (χ3v) is 3.98. The van der Waals surface area contributed by atoms with Crippen molar-refractivity contribution < 1.29 is 9.53 Å². The molecule has 22 heavy (non-hydrogen) atoms.